The van der Waals surface area contributed by atoms with Crippen molar-refractivity contribution in [2.24, 2.45) is 5.73 Å². The zero-order valence-corrected chi connectivity index (χ0v) is 11.8. The second-order valence-corrected chi connectivity index (χ2v) is 4.89. The minimum Gasteiger partial charge on any atom is -0.383 e. The van der Waals surface area contributed by atoms with Crippen LogP contribution in [0.5, 0.6) is 0 Å². The number of rotatable bonds is 9. The number of hydrogen-bond donors (Lipinski definition) is 1. The summed E-state index contributed by atoms with van der Waals surface area (Å²) < 4.78 is 5.20. The Morgan fingerprint density at radius 3 is 2.38 bits per heavy atom. The first-order chi connectivity index (χ1) is 7.55. The second-order valence-electron chi connectivity index (χ2n) is 4.89. The highest BCUT2D eigenvalue weighted by Gasteiger charge is 2.31. The summed E-state index contributed by atoms with van der Waals surface area (Å²) in [7, 11) is 1.76. The molecule has 0 aliphatic rings. The molecule has 0 rings (SSSR count). The van der Waals surface area contributed by atoms with E-state index < -0.39 is 0 Å². The Balaban J connectivity index is 4.66. The molecule has 0 spiro atoms. The van der Waals surface area contributed by atoms with Crippen LogP contribution in [0.1, 0.15) is 47.0 Å². The van der Waals surface area contributed by atoms with Crippen molar-refractivity contribution in [3.8, 4) is 0 Å². The van der Waals surface area contributed by atoms with Gasteiger partial charge in [-0.15, -0.1) is 0 Å². The summed E-state index contributed by atoms with van der Waals surface area (Å²) in [5.41, 5.74) is 6.09. The first kappa shape index (κ1) is 15.9. The highest BCUT2D eigenvalue weighted by atomic mass is 16.5. The predicted octanol–water partition coefficient (Wildman–Crippen LogP) is 2.25. The van der Waals surface area contributed by atoms with E-state index in [0.29, 0.717) is 6.04 Å². The Morgan fingerprint density at radius 2 is 2.00 bits per heavy atom. The lowest BCUT2D eigenvalue weighted by atomic mass is 9.91. The second kappa shape index (κ2) is 8.04. The van der Waals surface area contributed by atoms with Crippen molar-refractivity contribution in [2.75, 3.05) is 26.8 Å². The monoisotopic (exact) mass is 230 g/mol. The number of methoxy groups -OCH3 is 1. The average molecular weight is 230 g/mol. The van der Waals surface area contributed by atoms with Gasteiger partial charge in [-0.1, -0.05) is 20.3 Å². The van der Waals surface area contributed by atoms with E-state index in [0.717, 1.165) is 32.5 Å². The first-order valence-corrected chi connectivity index (χ1v) is 6.51. The molecule has 2 N–H and O–H groups in total. The summed E-state index contributed by atoms with van der Waals surface area (Å²) in [4.78, 5) is 2.51. The van der Waals surface area contributed by atoms with Gasteiger partial charge < -0.3 is 10.5 Å². The Kier molecular flexibility index (Phi) is 7.98. The molecule has 0 aromatic carbocycles. The lowest BCUT2D eigenvalue weighted by Crippen LogP contribution is -2.56. The molecule has 0 saturated carbocycles. The summed E-state index contributed by atoms with van der Waals surface area (Å²) in [6, 6.07) is 0.565. The van der Waals surface area contributed by atoms with E-state index in [1.165, 1.54) is 6.42 Å². The molecule has 0 saturated heterocycles. The number of ether oxygens (including phenoxy) is 1. The van der Waals surface area contributed by atoms with Crippen molar-refractivity contribution in [3.05, 3.63) is 0 Å². The molecule has 0 aliphatic heterocycles. The van der Waals surface area contributed by atoms with E-state index in [1.54, 1.807) is 7.11 Å². The highest BCUT2D eigenvalue weighted by Crippen LogP contribution is 2.23. The fourth-order valence-corrected chi connectivity index (χ4v) is 2.33. The maximum Gasteiger partial charge on any atom is 0.0590 e. The molecule has 0 aromatic rings. The molecule has 2 unspecified atom stereocenters. The number of hydrogen-bond acceptors (Lipinski definition) is 3. The van der Waals surface area contributed by atoms with Gasteiger partial charge in [0, 0.05) is 31.8 Å². The van der Waals surface area contributed by atoms with E-state index >= 15 is 0 Å². The van der Waals surface area contributed by atoms with Crippen LogP contribution >= 0.6 is 0 Å². The van der Waals surface area contributed by atoms with E-state index in [-0.39, 0.29) is 5.54 Å². The van der Waals surface area contributed by atoms with Crippen LogP contribution in [0.15, 0.2) is 0 Å². The fraction of sp³-hybridized carbons (Fsp3) is 1.00. The molecular weight excluding hydrogens is 200 g/mol. The van der Waals surface area contributed by atoms with Crippen molar-refractivity contribution in [1.82, 2.24) is 4.90 Å². The van der Waals surface area contributed by atoms with Crippen LogP contribution < -0.4 is 5.73 Å². The third kappa shape index (κ3) is 4.40. The van der Waals surface area contributed by atoms with Gasteiger partial charge in [0.15, 0.2) is 0 Å². The van der Waals surface area contributed by atoms with Crippen LogP contribution in [0, 0.1) is 0 Å². The van der Waals surface area contributed by atoms with Crippen LogP contribution in [0.3, 0.4) is 0 Å². The summed E-state index contributed by atoms with van der Waals surface area (Å²) in [6.07, 6.45) is 3.48. The summed E-state index contributed by atoms with van der Waals surface area (Å²) >= 11 is 0. The molecule has 0 radical (unpaired) electrons. The minimum absolute atomic E-state index is 0.114. The lowest BCUT2D eigenvalue weighted by molar-refractivity contribution is 0.0320. The molecular formula is C13H30N2O. The van der Waals surface area contributed by atoms with Crippen LogP contribution in [0.4, 0.5) is 0 Å². The number of nitrogens with two attached hydrogens (primary N) is 1. The SMILES string of the molecule is CCCC(C)(CN)N(CCOC)C(C)CC. The molecule has 0 aliphatic carbocycles. The van der Waals surface area contributed by atoms with Gasteiger partial charge in [-0.25, -0.2) is 0 Å². The van der Waals surface area contributed by atoms with Gasteiger partial charge in [-0.05, 0) is 26.7 Å². The normalized spacial score (nSPS) is 17.4. The van der Waals surface area contributed by atoms with E-state index in [2.05, 4.69) is 32.6 Å². The molecule has 0 bridgehead atoms. The maximum atomic E-state index is 5.98. The summed E-state index contributed by atoms with van der Waals surface area (Å²) in [6.45, 7) is 11.5. The Bertz CT molecular complexity index is 175. The molecule has 0 fully saturated rings. The van der Waals surface area contributed by atoms with Crippen LogP contribution in [-0.2, 0) is 4.74 Å². The first-order valence-electron chi connectivity index (χ1n) is 6.51. The van der Waals surface area contributed by atoms with Gasteiger partial charge in [0.05, 0.1) is 6.61 Å². The quantitative estimate of drug-likeness (QED) is 0.660. The Morgan fingerprint density at radius 1 is 1.38 bits per heavy atom. The van der Waals surface area contributed by atoms with Gasteiger partial charge >= 0.3 is 0 Å². The van der Waals surface area contributed by atoms with Crippen molar-refractivity contribution >= 4 is 0 Å². The largest absolute Gasteiger partial charge is 0.383 e. The van der Waals surface area contributed by atoms with Crippen molar-refractivity contribution < 1.29 is 4.74 Å². The highest BCUT2D eigenvalue weighted by molar-refractivity contribution is 4.89. The third-order valence-electron chi connectivity index (χ3n) is 3.58. The van der Waals surface area contributed by atoms with Gasteiger partial charge in [0.2, 0.25) is 0 Å². The zero-order valence-electron chi connectivity index (χ0n) is 11.8. The van der Waals surface area contributed by atoms with E-state index in [9.17, 15) is 0 Å². The Labute approximate surface area is 101 Å². The topological polar surface area (TPSA) is 38.5 Å². The molecule has 16 heavy (non-hydrogen) atoms. The van der Waals surface area contributed by atoms with E-state index in [4.69, 9.17) is 10.5 Å². The van der Waals surface area contributed by atoms with Crippen molar-refractivity contribution in [1.29, 1.82) is 0 Å². The van der Waals surface area contributed by atoms with E-state index in [1.807, 2.05) is 0 Å². The van der Waals surface area contributed by atoms with Gasteiger partial charge in [-0.3, -0.25) is 4.90 Å². The molecule has 0 aromatic heterocycles. The molecule has 0 amide bonds. The lowest BCUT2D eigenvalue weighted by Gasteiger charge is -2.44. The minimum atomic E-state index is 0.114. The average Bonchev–Trinajstić information content (AvgIpc) is 2.29. The van der Waals surface area contributed by atoms with Gasteiger partial charge in [0.1, 0.15) is 0 Å². The maximum absolute atomic E-state index is 5.98. The predicted molar refractivity (Wildman–Crippen MR) is 70.7 cm³/mol. The van der Waals surface area contributed by atoms with Crippen LogP contribution in [0.25, 0.3) is 0 Å². The Hall–Kier alpha value is -0.120. The van der Waals surface area contributed by atoms with Crippen LogP contribution in [-0.4, -0.2) is 43.3 Å². The van der Waals surface area contributed by atoms with Gasteiger partial charge in [0.25, 0.3) is 0 Å². The fourth-order valence-electron chi connectivity index (χ4n) is 2.33. The van der Waals surface area contributed by atoms with Crippen LogP contribution in [0.2, 0.25) is 0 Å². The number of nitrogens with zero attached hydrogens (tertiary/aromatic N) is 1. The van der Waals surface area contributed by atoms with Crippen molar-refractivity contribution in [3.63, 3.8) is 0 Å². The molecule has 98 valence electrons. The summed E-state index contributed by atoms with van der Waals surface area (Å²) in [5, 5.41) is 0. The van der Waals surface area contributed by atoms with Crippen molar-refractivity contribution in [2.45, 2.75) is 58.5 Å². The molecule has 0 heterocycles. The summed E-state index contributed by atoms with van der Waals surface area (Å²) in [5.74, 6) is 0. The standard InChI is InChI=1S/C13H30N2O/c1-6-8-13(4,11-14)15(9-10-16-5)12(3)7-2/h12H,6-11,14H2,1-5H3. The molecule has 3 heteroatoms. The van der Waals surface area contributed by atoms with Gasteiger partial charge in [-0.2, -0.15) is 0 Å². The molecule has 3 nitrogen and oxygen atoms in total. The third-order valence-corrected chi connectivity index (χ3v) is 3.58. The zero-order chi connectivity index (χ0) is 12.6. The smallest absolute Gasteiger partial charge is 0.0590 e. The molecule has 2 atom stereocenters.